The number of morpholine rings is 1. The van der Waals surface area contributed by atoms with Gasteiger partial charge in [-0.05, 0) is 53.6 Å². The fraction of sp³-hybridized carbons (Fsp3) is 0.259. The highest BCUT2D eigenvalue weighted by Gasteiger charge is 2.40. The maximum absolute atomic E-state index is 13.2. The van der Waals surface area contributed by atoms with Gasteiger partial charge in [-0.1, -0.05) is 70.7 Å². The third kappa shape index (κ3) is 6.53. The van der Waals surface area contributed by atoms with Gasteiger partial charge in [0.25, 0.3) is 0 Å². The van der Waals surface area contributed by atoms with E-state index in [0.29, 0.717) is 45.2 Å². The van der Waals surface area contributed by atoms with Crippen LogP contribution in [0.2, 0.25) is 20.1 Å². The Morgan fingerprint density at radius 2 is 1.64 bits per heavy atom. The summed E-state index contributed by atoms with van der Waals surface area (Å²) in [7, 11) is 0. The molecule has 0 aliphatic carbocycles. The van der Waals surface area contributed by atoms with Gasteiger partial charge < -0.3 is 14.4 Å². The van der Waals surface area contributed by atoms with Crippen molar-refractivity contribution in [1.29, 1.82) is 0 Å². The Labute approximate surface area is 229 Å². The number of esters is 1. The highest BCUT2D eigenvalue weighted by molar-refractivity contribution is 6.42. The Kier molecular flexibility index (Phi) is 8.81. The second-order valence-corrected chi connectivity index (χ2v) is 10.2. The largest absolute Gasteiger partial charge is 0.462 e. The van der Waals surface area contributed by atoms with E-state index in [2.05, 4.69) is 0 Å². The maximum Gasteiger partial charge on any atom is 0.338 e. The molecule has 188 valence electrons. The molecule has 0 spiro atoms. The fourth-order valence-electron chi connectivity index (χ4n) is 4.21. The van der Waals surface area contributed by atoms with Crippen LogP contribution in [-0.2, 0) is 26.3 Å². The molecule has 1 fully saturated rings. The zero-order chi connectivity index (χ0) is 25.7. The lowest BCUT2D eigenvalue weighted by Crippen LogP contribution is -2.52. The van der Waals surface area contributed by atoms with Gasteiger partial charge in [0.1, 0.15) is 5.60 Å². The third-order valence-electron chi connectivity index (χ3n) is 6.01. The quantitative estimate of drug-likeness (QED) is 0.294. The number of carbonyl (C=O) groups is 2. The molecule has 9 heteroatoms. The summed E-state index contributed by atoms with van der Waals surface area (Å²) in [6, 6.07) is 19.1. The second-order valence-electron chi connectivity index (χ2n) is 8.49. The van der Waals surface area contributed by atoms with E-state index in [1.54, 1.807) is 59.5 Å². The summed E-state index contributed by atoms with van der Waals surface area (Å²) in [6.07, 6.45) is 0.455. The minimum absolute atomic E-state index is 0.0832. The van der Waals surface area contributed by atoms with Crippen molar-refractivity contribution in [1.82, 2.24) is 4.90 Å². The van der Waals surface area contributed by atoms with Gasteiger partial charge in [0, 0.05) is 23.0 Å². The molecule has 1 heterocycles. The van der Waals surface area contributed by atoms with Crippen LogP contribution in [0.5, 0.6) is 0 Å². The van der Waals surface area contributed by atoms with Crippen LogP contribution in [0.25, 0.3) is 0 Å². The lowest BCUT2D eigenvalue weighted by atomic mass is 9.88. The molecule has 0 bridgehead atoms. The Balaban J connectivity index is 1.53. The van der Waals surface area contributed by atoms with E-state index in [0.717, 1.165) is 11.1 Å². The zero-order valence-electron chi connectivity index (χ0n) is 19.2. The van der Waals surface area contributed by atoms with Crippen molar-refractivity contribution < 1.29 is 19.1 Å². The summed E-state index contributed by atoms with van der Waals surface area (Å²) in [6.45, 7) is 1.05. The molecule has 1 aliphatic heterocycles. The van der Waals surface area contributed by atoms with Crippen molar-refractivity contribution in [2.75, 3.05) is 26.3 Å². The molecular formula is C27H23Cl4NO4. The Morgan fingerprint density at radius 3 is 2.33 bits per heavy atom. The van der Waals surface area contributed by atoms with E-state index in [9.17, 15) is 9.59 Å². The van der Waals surface area contributed by atoms with Gasteiger partial charge >= 0.3 is 5.97 Å². The van der Waals surface area contributed by atoms with E-state index >= 15 is 0 Å². The average molecular weight is 567 g/mol. The van der Waals surface area contributed by atoms with E-state index < -0.39 is 11.6 Å². The molecule has 5 nitrogen and oxygen atoms in total. The first-order valence-corrected chi connectivity index (χ1v) is 12.8. The third-order valence-corrected chi connectivity index (χ3v) is 7.19. The molecule has 1 saturated heterocycles. The van der Waals surface area contributed by atoms with Gasteiger partial charge in [-0.25, -0.2) is 4.79 Å². The van der Waals surface area contributed by atoms with Gasteiger partial charge in [-0.3, -0.25) is 4.79 Å². The van der Waals surface area contributed by atoms with Crippen LogP contribution >= 0.6 is 46.4 Å². The predicted molar refractivity (Wildman–Crippen MR) is 142 cm³/mol. The SMILES string of the molecule is O=C(OCCC1(c2ccc(Cl)c(Cl)c2)CN(C(=O)Cc2cc(Cl)cc(Cl)c2)CCO1)c1ccccc1. The van der Waals surface area contributed by atoms with E-state index in [4.69, 9.17) is 55.9 Å². The van der Waals surface area contributed by atoms with E-state index in [1.165, 1.54) is 0 Å². The van der Waals surface area contributed by atoms with Crippen molar-refractivity contribution in [2.45, 2.75) is 18.4 Å². The van der Waals surface area contributed by atoms with Gasteiger partial charge in [0.2, 0.25) is 5.91 Å². The Bertz CT molecular complexity index is 1230. The van der Waals surface area contributed by atoms with Crippen molar-refractivity contribution in [3.05, 3.63) is 104 Å². The predicted octanol–water partition coefficient (Wildman–Crippen LogP) is 6.84. The maximum atomic E-state index is 13.2. The number of benzene rings is 3. The molecule has 0 radical (unpaired) electrons. The molecule has 3 aromatic rings. The zero-order valence-corrected chi connectivity index (χ0v) is 22.2. The second kappa shape index (κ2) is 11.8. The summed E-state index contributed by atoms with van der Waals surface area (Å²) in [5.41, 5.74) is 0.991. The average Bonchev–Trinajstić information content (AvgIpc) is 2.85. The van der Waals surface area contributed by atoms with Crippen LogP contribution in [-0.4, -0.2) is 43.1 Å². The molecule has 0 aromatic heterocycles. The Hall–Kier alpha value is -2.28. The number of hydrogen-bond acceptors (Lipinski definition) is 4. The van der Waals surface area contributed by atoms with Gasteiger partial charge in [0.15, 0.2) is 0 Å². The summed E-state index contributed by atoms with van der Waals surface area (Å²) in [5.74, 6) is -0.524. The number of carbonyl (C=O) groups excluding carboxylic acids is 2. The minimum atomic E-state index is -0.939. The van der Waals surface area contributed by atoms with Crippen molar-refractivity contribution in [2.24, 2.45) is 0 Å². The van der Waals surface area contributed by atoms with Crippen molar-refractivity contribution >= 4 is 58.3 Å². The van der Waals surface area contributed by atoms with Crippen LogP contribution < -0.4 is 0 Å². The molecule has 0 saturated carbocycles. The standard InChI is InChI=1S/C27H23Cl4NO4/c28-21-12-18(13-22(29)16-21)14-25(33)32-9-11-36-27(17-32,20-6-7-23(30)24(31)15-20)8-10-35-26(34)19-4-2-1-3-5-19/h1-7,12-13,15-16H,8-11,14,17H2. The van der Waals surface area contributed by atoms with Crippen LogP contribution in [0.15, 0.2) is 66.7 Å². The van der Waals surface area contributed by atoms with Gasteiger partial charge in [-0.15, -0.1) is 0 Å². The number of halogens is 4. The molecule has 1 aliphatic rings. The molecule has 3 aromatic carbocycles. The van der Waals surface area contributed by atoms with Crippen LogP contribution in [0.3, 0.4) is 0 Å². The molecule has 36 heavy (non-hydrogen) atoms. The minimum Gasteiger partial charge on any atom is -0.462 e. The number of nitrogens with zero attached hydrogens (tertiary/aromatic N) is 1. The highest BCUT2D eigenvalue weighted by Crippen LogP contribution is 2.37. The first kappa shape index (κ1) is 26.8. The van der Waals surface area contributed by atoms with Crippen LogP contribution in [0.4, 0.5) is 0 Å². The lowest BCUT2D eigenvalue weighted by Gasteiger charge is -2.43. The molecule has 0 N–H and O–H groups in total. The summed E-state index contributed by atoms with van der Waals surface area (Å²) in [5, 5.41) is 1.72. The Morgan fingerprint density at radius 1 is 0.917 bits per heavy atom. The number of amides is 1. The smallest absolute Gasteiger partial charge is 0.338 e. The fourth-order valence-corrected chi connectivity index (χ4v) is 5.08. The molecule has 1 atom stereocenters. The van der Waals surface area contributed by atoms with E-state index in [-0.39, 0.29) is 25.5 Å². The van der Waals surface area contributed by atoms with Gasteiger partial charge in [0.05, 0.1) is 41.8 Å². The monoisotopic (exact) mass is 565 g/mol. The topological polar surface area (TPSA) is 55.8 Å². The lowest BCUT2D eigenvalue weighted by molar-refractivity contribution is -0.155. The van der Waals surface area contributed by atoms with E-state index in [1.807, 2.05) is 12.1 Å². The first-order chi connectivity index (χ1) is 17.3. The molecular weight excluding hydrogens is 544 g/mol. The van der Waals surface area contributed by atoms with Crippen LogP contribution in [0.1, 0.15) is 27.9 Å². The molecule has 1 amide bonds. The van der Waals surface area contributed by atoms with Crippen molar-refractivity contribution in [3.63, 3.8) is 0 Å². The molecule has 4 rings (SSSR count). The first-order valence-electron chi connectivity index (χ1n) is 11.3. The molecule has 1 unspecified atom stereocenters. The number of ether oxygens (including phenoxy) is 2. The van der Waals surface area contributed by atoms with Gasteiger partial charge in [-0.2, -0.15) is 0 Å². The summed E-state index contributed by atoms with van der Waals surface area (Å²) < 4.78 is 11.8. The normalized spacial score (nSPS) is 17.6. The number of hydrogen-bond donors (Lipinski definition) is 0. The highest BCUT2D eigenvalue weighted by atomic mass is 35.5. The summed E-state index contributed by atoms with van der Waals surface area (Å²) in [4.78, 5) is 27.5. The number of rotatable bonds is 7. The van der Waals surface area contributed by atoms with Crippen LogP contribution in [0, 0.1) is 0 Å². The summed E-state index contributed by atoms with van der Waals surface area (Å²) >= 11 is 24.7. The van der Waals surface area contributed by atoms with Crippen molar-refractivity contribution in [3.8, 4) is 0 Å².